The van der Waals surface area contributed by atoms with E-state index in [1.807, 2.05) is 24.3 Å². The van der Waals surface area contributed by atoms with Gasteiger partial charge in [0.25, 0.3) is 15.9 Å². The Morgan fingerprint density at radius 2 is 1.68 bits per heavy atom. The van der Waals surface area contributed by atoms with E-state index in [1.165, 1.54) is 30.3 Å². The summed E-state index contributed by atoms with van der Waals surface area (Å²) in [6.07, 6.45) is 0.588. The molecule has 3 aromatic rings. The standard InChI is InChI=1S/C24H23FN2O6S/c1-32-21-11-5-17(6-12-21)13-14-26-23(28)16-33-24(29)18-3-2-4-22(15-18)34(30,31)27-20-9-7-19(25)8-10-20/h2-12,15,27H,13-14,16H2,1H3,(H,26,28). The van der Waals surface area contributed by atoms with Crippen LogP contribution in [-0.2, 0) is 26.0 Å². The first-order chi connectivity index (χ1) is 16.3. The Labute approximate surface area is 196 Å². The lowest BCUT2D eigenvalue weighted by molar-refractivity contribution is -0.124. The number of carbonyl (C=O) groups is 2. The molecule has 0 aromatic heterocycles. The molecule has 10 heteroatoms. The molecule has 178 valence electrons. The van der Waals surface area contributed by atoms with Crippen molar-refractivity contribution in [1.82, 2.24) is 5.32 Å². The van der Waals surface area contributed by atoms with E-state index in [0.29, 0.717) is 13.0 Å². The zero-order chi connectivity index (χ0) is 24.6. The van der Waals surface area contributed by atoms with E-state index in [4.69, 9.17) is 9.47 Å². The largest absolute Gasteiger partial charge is 0.497 e. The van der Waals surface area contributed by atoms with Crippen molar-refractivity contribution in [3.8, 4) is 5.75 Å². The number of halogens is 1. The zero-order valence-corrected chi connectivity index (χ0v) is 19.1. The van der Waals surface area contributed by atoms with Crippen molar-refractivity contribution in [2.24, 2.45) is 0 Å². The van der Waals surface area contributed by atoms with Gasteiger partial charge in [-0.3, -0.25) is 9.52 Å². The van der Waals surface area contributed by atoms with Crippen molar-refractivity contribution >= 4 is 27.6 Å². The number of hydrogen-bond acceptors (Lipinski definition) is 6. The van der Waals surface area contributed by atoms with E-state index in [1.54, 1.807) is 7.11 Å². The van der Waals surface area contributed by atoms with Crippen molar-refractivity contribution in [1.29, 1.82) is 0 Å². The van der Waals surface area contributed by atoms with Crippen LogP contribution in [0, 0.1) is 5.82 Å². The molecule has 0 fully saturated rings. The van der Waals surface area contributed by atoms with Gasteiger partial charge in [0.2, 0.25) is 0 Å². The quantitative estimate of drug-likeness (QED) is 0.426. The number of nitrogens with one attached hydrogen (secondary N) is 2. The molecule has 2 N–H and O–H groups in total. The summed E-state index contributed by atoms with van der Waals surface area (Å²) < 4.78 is 50.6. The summed E-state index contributed by atoms with van der Waals surface area (Å²) in [6, 6.07) is 17.4. The highest BCUT2D eigenvalue weighted by Crippen LogP contribution is 2.18. The van der Waals surface area contributed by atoms with Crippen LogP contribution in [0.4, 0.5) is 10.1 Å². The minimum atomic E-state index is -4.02. The third kappa shape index (κ3) is 7.04. The molecule has 0 saturated carbocycles. The molecule has 3 rings (SSSR count). The van der Waals surface area contributed by atoms with E-state index in [9.17, 15) is 22.4 Å². The van der Waals surface area contributed by atoms with E-state index in [0.717, 1.165) is 29.5 Å². The molecule has 0 unspecified atom stereocenters. The Balaban J connectivity index is 1.51. The third-order valence-corrected chi connectivity index (χ3v) is 6.08. The summed E-state index contributed by atoms with van der Waals surface area (Å²) >= 11 is 0. The fourth-order valence-electron chi connectivity index (χ4n) is 2.93. The molecule has 0 saturated heterocycles. The summed E-state index contributed by atoms with van der Waals surface area (Å²) in [4.78, 5) is 24.1. The maximum absolute atomic E-state index is 13.0. The van der Waals surface area contributed by atoms with Crippen LogP contribution in [0.15, 0.2) is 77.7 Å². The fourth-order valence-corrected chi connectivity index (χ4v) is 4.03. The maximum Gasteiger partial charge on any atom is 0.338 e. The van der Waals surface area contributed by atoms with Gasteiger partial charge in [0.15, 0.2) is 6.61 Å². The van der Waals surface area contributed by atoms with Crippen LogP contribution in [0.25, 0.3) is 0 Å². The molecule has 0 radical (unpaired) electrons. The van der Waals surface area contributed by atoms with Crippen LogP contribution >= 0.6 is 0 Å². The molecule has 8 nitrogen and oxygen atoms in total. The summed E-state index contributed by atoms with van der Waals surface area (Å²) in [7, 11) is -2.44. The lowest BCUT2D eigenvalue weighted by atomic mass is 10.1. The highest BCUT2D eigenvalue weighted by Gasteiger charge is 2.18. The topological polar surface area (TPSA) is 111 Å². The van der Waals surface area contributed by atoms with Gasteiger partial charge < -0.3 is 14.8 Å². The first-order valence-electron chi connectivity index (χ1n) is 10.2. The summed E-state index contributed by atoms with van der Waals surface area (Å²) in [5.41, 5.74) is 1.14. The molecule has 0 bridgehead atoms. The number of hydrogen-bond donors (Lipinski definition) is 2. The van der Waals surface area contributed by atoms with E-state index >= 15 is 0 Å². The first-order valence-corrected chi connectivity index (χ1v) is 11.7. The molecular formula is C24H23FN2O6S. The van der Waals surface area contributed by atoms with Crippen LogP contribution in [0.2, 0.25) is 0 Å². The molecule has 1 amide bonds. The Kier molecular flexibility index (Phi) is 8.20. The normalized spacial score (nSPS) is 10.9. The van der Waals surface area contributed by atoms with Crippen molar-refractivity contribution in [3.05, 3.63) is 89.7 Å². The van der Waals surface area contributed by atoms with E-state index in [-0.39, 0.29) is 16.1 Å². The number of carbonyl (C=O) groups excluding carboxylic acids is 2. The van der Waals surface area contributed by atoms with Gasteiger partial charge in [0, 0.05) is 12.2 Å². The van der Waals surface area contributed by atoms with Gasteiger partial charge in [-0.15, -0.1) is 0 Å². The third-order valence-electron chi connectivity index (χ3n) is 4.71. The second-order valence-corrected chi connectivity index (χ2v) is 8.85. The number of benzene rings is 3. The van der Waals surface area contributed by atoms with Crippen LogP contribution in [0.3, 0.4) is 0 Å². The average Bonchev–Trinajstić information content (AvgIpc) is 2.84. The van der Waals surface area contributed by atoms with Gasteiger partial charge in [-0.05, 0) is 66.6 Å². The number of ether oxygens (including phenoxy) is 2. The van der Waals surface area contributed by atoms with Gasteiger partial charge in [0.05, 0.1) is 17.6 Å². The fraction of sp³-hybridized carbons (Fsp3) is 0.167. The monoisotopic (exact) mass is 486 g/mol. The number of esters is 1. The number of amides is 1. The van der Waals surface area contributed by atoms with Crippen molar-refractivity contribution in [2.45, 2.75) is 11.3 Å². The number of anilines is 1. The molecule has 0 heterocycles. The van der Waals surface area contributed by atoms with Crippen LogP contribution in [-0.4, -0.2) is 40.6 Å². The van der Waals surface area contributed by atoms with Crippen LogP contribution in [0.5, 0.6) is 5.75 Å². The van der Waals surface area contributed by atoms with Crippen LogP contribution < -0.4 is 14.8 Å². The molecule has 0 aliphatic carbocycles. The maximum atomic E-state index is 13.0. The molecule has 0 aliphatic rings. The van der Waals surface area contributed by atoms with Gasteiger partial charge >= 0.3 is 5.97 Å². The smallest absolute Gasteiger partial charge is 0.338 e. The Morgan fingerprint density at radius 1 is 0.971 bits per heavy atom. The Hall–Kier alpha value is -3.92. The number of sulfonamides is 1. The van der Waals surface area contributed by atoms with E-state index in [2.05, 4.69) is 10.0 Å². The minimum Gasteiger partial charge on any atom is -0.497 e. The van der Waals surface area contributed by atoms with Crippen molar-refractivity contribution < 1.29 is 31.9 Å². The predicted octanol–water partition coefficient (Wildman–Crippen LogP) is 3.15. The van der Waals surface area contributed by atoms with Gasteiger partial charge in [0.1, 0.15) is 11.6 Å². The highest BCUT2D eigenvalue weighted by molar-refractivity contribution is 7.92. The van der Waals surface area contributed by atoms with Crippen molar-refractivity contribution in [3.63, 3.8) is 0 Å². The van der Waals surface area contributed by atoms with Gasteiger partial charge in [-0.25, -0.2) is 17.6 Å². The average molecular weight is 487 g/mol. The molecule has 3 aromatic carbocycles. The van der Waals surface area contributed by atoms with Gasteiger partial charge in [-0.1, -0.05) is 18.2 Å². The molecule has 0 atom stereocenters. The van der Waals surface area contributed by atoms with Gasteiger partial charge in [-0.2, -0.15) is 0 Å². The van der Waals surface area contributed by atoms with Crippen molar-refractivity contribution in [2.75, 3.05) is 25.0 Å². The second kappa shape index (κ2) is 11.3. The molecule has 0 spiro atoms. The minimum absolute atomic E-state index is 0.0342. The highest BCUT2D eigenvalue weighted by atomic mass is 32.2. The zero-order valence-electron chi connectivity index (χ0n) is 18.3. The Bertz CT molecular complexity index is 1250. The second-order valence-electron chi connectivity index (χ2n) is 7.16. The summed E-state index contributed by atoms with van der Waals surface area (Å²) in [6.45, 7) is -0.155. The predicted molar refractivity (Wildman–Crippen MR) is 124 cm³/mol. The SMILES string of the molecule is COc1ccc(CCNC(=O)COC(=O)c2cccc(S(=O)(=O)Nc3ccc(F)cc3)c2)cc1. The summed E-state index contributed by atoms with van der Waals surface area (Å²) in [5.74, 6) is -1.09. The number of methoxy groups -OCH3 is 1. The first kappa shape index (κ1) is 24.7. The lowest BCUT2D eigenvalue weighted by Crippen LogP contribution is -2.30. The molecule has 0 aliphatic heterocycles. The Morgan fingerprint density at radius 3 is 2.35 bits per heavy atom. The molecular weight excluding hydrogens is 463 g/mol. The lowest BCUT2D eigenvalue weighted by Gasteiger charge is -2.10. The molecule has 34 heavy (non-hydrogen) atoms. The number of rotatable bonds is 10. The van der Waals surface area contributed by atoms with Crippen LogP contribution in [0.1, 0.15) is 15.9 Å². The van der Waals surface area contributed by atoms with E-state index < -0.39 is 34.3 Å². The summed E-state index contributed by atoms with van der Waals surface area (Å²) in [5, 5.41) is 2.65.